The zero-order chi connectivity index (χ0) is 6.95. The Balaban J connectivity index is 2.86. The first-order valence-electron chi connectivity index (χ1n) is 3.62. The maximum atomic E-state index is 11.5. The molecule has 9 heavy (non-hydrogen) atoms. The molecule has 0 aromatic carbocycles. The smallest absolute Gasteiger partial charge is 0.0928 e. The van der Waals surface area contributed by atoms with E-state index in [2.05, 4.69) is 13.0 Å². The van der Waals surface area contributed by atoms with Crippen molar-refractivity contribution in [3.8, 4) is 0 Å². The second-order valence-corrected chi connectivity index (χ2v) is 2.09. The molecule has 0 rings (SSSR count). The fraction of sp³-hybridized carbons (Fsp3) is 0.750. The van der Waals surface area contributed by atoms with E-state index in [9.17, 15) is 4.39 Å². The minimum absolute atomic E-state index is 0.220. The molecule has 0 fully saturated rings. The maximum absolute atomic E-state index is 11.5. The molecule has 0 aliphatic heterocycles. The molecule has 0 aromatic rings. The van der Waals surface area contributed by atoms with Crippen molar-refractivity contribution in [1.82, 2.24) is 0 Å². The summed E-state index contributed by atoms with van der Waals surface area (Å²) in [6.45, 7) is 1.94. The van der Waals surface area contributed by atoms with Crippen LogP contribution in [0, 0.1) is 0 Å². The van der Waals surface area contributed by atoms with Crippen molar-refractivity contribution in [2.75, 3.05) is 6.67 Å². The van der Waals surface area contributed by atoms with Crippen LogP contribution in [0.15, 0.2) is 12.2 Å². The zero-order valence-corrected chi connectivity index (χ0v) is 6.07. The van der Waals surface area contributed by atoms with Crippen molar-refractivity contribution in [3.05, 3.63) is 12.2 Å². The van der Waals surface area contributed by atoms with E-state index in [0.717, 1.165) is 6.42 Å². The topological polar surface area (TPSA) is 0 Å². The van der Waals surface area contributed by atoms with Crippen molar-refractivity contribution in [1.29, 1.82) is 0 Å². The summed E-state index contributed by atoms with van der Waals surface area (Å²) in [5.74, 6) is 0. The van der Waals surface area contributed by atoms with Gasteiger partial charge in [0.25, 0.3) is 0 Å². The summed E-state index contributed by atoms with van der Waals surface area (Å²) in [6, 6.07) is 0. The van der Waals surface area contributed by atoms with Crippen molar-refractivity contribution >= 4 is 0 Å². The quantitative estimate of drug-likeness (QED) is 0.396. The molecular formula is C8H15F. The lowest BCUT2D eigenvalue weighted by atomic mass is 10.2. The second kappa shape index (κ2) is 7.67. The third-order valence-corrected chi connectivity index (χ3v) is 1.17. The highest BCUT2D eigenvalue weighted by Crippen LogP contribution is 1.95. The average molecular weight is 130 g/mol. The van der Waals surface area contributed by atoms with Gasteiger partial charge in [-0.1, -0.05) is 31.9 Å². The van der Waals surface area contributed by atoms with E-state index < -0.39 is 0 Å². The lowest BCUT2D eigenvalue weighted by Crippen LogP contribution is -1.69. The van der Waals surface area contributed by atoms with Crippen LogP contribution in [0.1, 0.15) is 32.6 Å². The fourth-order valence-corrected chi connectivity index (χ4v) is 0.621. The summed E-state index contributed by atoms with van der Waals surface area (Å²) in [5, 5.41) is 0. The molecule has 0 aliphatic carbocycles. The van der Waals surface area contributed by atoms with Crippen LogP contribution in [-0.4, -0.2) is 6.67 Å². The molecule has 0 N–H and O–H groups in total. The number of unbranched alkanes of at least 4 members (excludes halogenated alkanes) is 2. The summed E-state index contributed by atoms with van der Waals surface area (Å²) in [7, 11) is 0. The molecule has 0 radical (unpaired) electrons. The Bertz CT molecular complexity index is 67.0. The van der Waals surface area contributed by atoms with Crippen molar-refractivity contribution < 1.29 is 4.39 Å². The number of rotatable bonds is 5. The molecule has 0 aromatic heterocycles. The van der Waals surface area contributed by atoms with Gasteiger partial charge in [-0.3, -0.25) is 4.39 Å². The van der Waals surface area contributed by atoms with Crippen LogP contribution in [0.2, 0.25) is 0 Å². The number of hydrogen-bond donors (Lipinski definition) is 0. The van der Waals surface area contributed by atoms with Crippen LogP contribution in [0.3, 0.4) is 0 Å². The Morgan fingerprint density at radius 2 is 1.89 bits per heavy atom. The first-order chi connectivity index (χ1) is 4.41. The highest BCUT2D eigenvalue weighted by atomic mass is 19.1. The Hall–Kier alpha value is -0.330. The summed E-state index contributed by atoms with van der Waals surface area (Å²) in [6.07, 6.45) is 8.11. The monoisotopic (exact) mass is 130 g/mol. The van der Waals surface area contributed by atoms with E-state index in [-0.39, 0.29) is 6.67 Å². The molecule has 0 spiro atoms. The molecule has 0 saturated carbocycles. The predicted molar refractivity (Wildman–Crippen MR) is 39.3 cm³/mol. The lowest BCUT2D eigenvalue weighted by Gasteiger charge is -1.86. The van der Waals surface area contributed by atoms with Gasteiger partial charge < -0.3 is 0 Å². The van der Waals surface area contributed by atoms with Crippen LogP contribution in [0.25, 0.3) is 0 Å². The van der Waals surface area contributed by atoms with Gasteiger partial charge in [-0.25, -0.2) is 0 Å². The van der Waals surface area contributed by atoms with E-state index in [1.54, 1.807) is 0 Å². The Labute approximate surface area is 56.8 Å². The van der Waals surface area contributed by atoms with Gasteiger partial charge in [-0.2, -0.15) is 0 Å². The molecule has 0 unspecified atom stereocenters. The highest BCUT2D eigenvalue weighted by molar-refractivity contribution is 4.80. The molecule has 0 aliphatic rings. The molecule has 0 nitrogen and oxygen atoms in total. The predicted octanol–water partition coefficient (Wildman–Crippen LogP) is 3.09. The van der Waals surface area contributed by atoms with E-state index in [4.69, 9.17) is 0 Å². The van der Waals surface area contributed by atoms with E-state index in [1.165, 1.54) is 12.8 Å². The van der Waals surface area contributed by atoms with E-state index in [1.807, 2.05) is 6.08 Å². The SMILES string of the molecule is CCCC/C=C\CCF. The normalized spacial score (nSPS) is 10.9. The first kappa shape index (κ1) is 8.67. The van der Waals surface area contributed by atoms with Gasteiger partial charge in [-0.05, 0) is 12.8 Å². The first-order valence-corrected chi connectivity index (χ1v) is 3.62. The standard InChI is InChI=1S/C8H15F/c1-2-3-4-5-6-7-8-9/h5-6H,2-4,7-8H2,1H3/b6-5-. The Kier molecular flexibility index (Phi) is 7.39. The molecular weight excluding hydrogens is 115 g/mol. The molecule has 1 heteroatoms. The van der Waals surface area contributed by atoms with Gasteiger partial charge in [0, 0.05) is 0 Å². The zero-order valence-electron chi connectivity index (χ0n) is 6.07. The number of alkyl halides is 1. The molecule has 0 amide bonds. The van der Waals surface area contributed by atoms with Gasteiger partial charge >= 0.3 is 0 Å². The molecule has 0 bridgehead atoms. The number of halogens is 1. The van der Waals surface area contributed by atoms with E-state index >= 15 is 0 Å². The van der Waals surface area contributed by atoms with Crippen molar-refractivity contribution in [2.24, 2.45) is 0 Å². The van der Waals surface area contributed by atoms with Gasteiger partial charge in [-0.15, -0.1) is 0 Å². The molecule has 0 atom stereocenters. The summed E-state index contributed by atoms with van der Waals surface area (Å²) >= 11 is 0. The number of hydrogen-bond acceptors (Lipinski definition) is 0. The molecule has 0 heterocycles. The Morgan fingerprint density at radius 3 is 2.44 bits per heavy atom. The minimum Gasteiger partial charge on any atom is -0.251 e. The molecule has 0 saturated heterocycles. The fourth-order valence-electron chi connectivity index (χ4n) is 0.621. The van der Waals surface area contributed by atoms with Crippen LogP contribution < -0.4 is 0 Å². The van der Waals surface area contributed by atoms with Gasteiger partial charge in [0.1, 0.15) is 0 Å². The third-order valence-electron chi connectivity index (χ3n) is 1.17. The average Bonchev–Trinajstić information content (AvgIpc) is 1.89. The minimum atomic E-state index is -0.220. The maximum Gasteiger partial charge on any atom is 0.0928 e. The summed E-state index contributed by atoms with van der Waals surface area (Å²) < 4.78 is 11.5. The molecule has 54 valence electrons. The third kappa shape index (κ3) is 7.67. The van der Waals surface area contributed by atoms with Gasteiger partial charge in [0.15, 0.2) is 0 Å². The van der Waals surface area contributed by atoms with Gasteiger partial charge in [0.2, 0.25) is 0 Å². The number of allylic oxidation sites excluding steroid dienone is 2. The second-order valence-electron chi connectivity index (χ2n) is 2.09. The summed E-state index contributed by atoms with van der Waals surface area (Å²) in [4.78, 5) is 0. The lowest BCUT2D eigenvalue weighted by molar-refractivity contribution is 0.500. The van der Waals surface area contributed by atoms with E-state index in [0.29, 0.717) is 6.42 Å². The van der Waals surface area contributed by atoms with Crippen LogP contribution in [0.5, 0.6) is 0 Å². The van der Waals surface area contributed by atoms with Crippen LogP contribution in [0.4, 0.5) is 4.39 Å². The largest absolute Gasteiger partial charge is 0.251 e. The highest BCUT2D eigenvalue weighted by Gasteiger charge is 1.77. The van der Waals surface area contributed by atoms with Gasteiger partial charge in [0.05, 0.1) is 6.67 Å². The van der Waals surface area contributed by atoms with Crippen molar-refractivity contribution in [3.63, 3.8) is 0 Å². The Morgan fingerprint density at radius 1 is 1.22 bits per heavy atom. The van der Waals surface area contributed by atoms with Crippen LogP contribution >= 0.6 is 0 Å². The summed E-state index contributed by atoms with van der Waals surface area (Å²) in [5.41, 5.74) is 0. The van der Waals surface area contributed by atoms with Crippen LogP contribution in [-0.2, 0) is 0 Å². The van der Waals surface area contributed by atoms with Crippen molar-refractivity contribution in [2.45, 2.75) is 32.6 Å².